The van der Waals surface area contributed by atoms with Crippen LogP contribution in [0.4, 0.5) is 13.2 Å². The van der Waals surface area contributed by atoms with E-state index in [1.807, 2.05) is 30.3 Å². The van der Waals surface area contributed by atoms with Crippen LogP contribution in [0.5, 0.6) is 0 Å². The van der Waals surface area contributed by atoms with Crippen molar-refractivity contribution in [2.24, 2.45) is 0 Å². The fourth-order valence-electron chi connectivity index (χ4n) is 3.09. The van der Waals surface area contributed by atoms with Crippen LogP contribution in [-0.4, -0.2) is 29.8 Å². The average Bonchev–Trinajstić information content (AvgIpc) is 3.06. The maximum atomic E-state index is 12.7. The zero-order chi connectivity index (χ0) is 19.4. The molecule has 3 rings (SSSR count). The monoisotopic (exact) mass is 376 g/mol. The van der Waals surface area contributed by atoms with Crippen LogP contribution in [0.1, 0.15) is 40.4 Å². The number of hydrogen-bond donors (Lipinski definition) is 1. The number of amides is 2. The second-order valence-electron chi connectivity index (χ2n) is 6.46. The lowest BCUT2D eigenvalue weighted by Crippen LogP contribution is -2.38. The maximum absolute atomic E-state index is 12.7. The van der Waals surface area contributed by atoms with E-state index >= 15 is 0 Å². The Morgan fingerprint density at radius 1 is 1.07 bits per heavy atom. The molecule has 2 aromatic rings. The van der Waals surface area contributed by atoms with E-state index in [1.54, 1.807) is 4.90 Å². The summed E-state index contributed by atoms with van der Waals surface area (Å²) in [5.74, 6) is -0.441. The van der Waals surface area contributed by atoms with Gasteiger partial charge in [0.05, 0.1) is 11.6 Å². The molecule has 0 saturated carbocycles. The third kappa shape index (κ3) is 4.67. The predicted octanol–water partition coefficient (Wildman–Crippen LogP) is 3.80. The number of carbonyl (C=O) groups is 2. The summed E-state index contributed by atoms with van der Waals surface area (Å²) in [5.41, 5.74) is 0.162. The van der Waals surface area contributed by atoms with Crippen LogP contribution in [0.2, 0.25) is 0 Å². The zero-order valence-corrected chi connectivity index (χ0v) is 14.5. The molecule has 27 heavy (non-hydrogen) atoms. The normalized spacial score (nSPS) is 15.7. The Morgan fingerprint density at radius 3 is 2.30 bits per heavy atom. The topological polar surface area (TPSA) is 49.4 Å². The van der Waals surface area contributed by atoms with Crippen LogP contribution in [0.3, 0.4) is 0 Å². The Labute approximate surface area is 155 Å². The van der Waals surface area contributed by atoms with Crippen molar-refractivity contribution in [2.45, 2.75) is 25.1 Å². The maximum Gasteiger partial charge on any atom is 0.416 e. The van der Waals surface area contributed by atoms with Gasteiger partial charge in [-0.2, -0.15) is 13.2 Å². The van der Waals surface area contributed by atoms with E-state index in [2.05, 4.69) is 5.32 Å². The fourth-order valence-corrected chi connectivity index (χ4v) is 3.09. The van der Waals surface area contributed by atoms with Gasteiger partial charge in [-0.25, -0.2) is 0 Å². The number of alkyl halides is 3. The first-order valence-electron chi connectivity index (χ1n) is 8.65. The molecule has 0 aliphatic carbocycles. The van der Waals surface area contributed by atoms with Crippen molar-refractivity contribution in [3.8, 4) is 0 Å². The van der Waals surface area contributed by atoms with Gasteiger partial charge in [-0.15, -0.1) is 0 Å². The summed E-state index contributed by atoms with van der Waals surface area (Å²) in [6.45, 7) is 0.966. The number of likely N-dealkylation sites (tertiary alicyclic amines) is 1. The Kier molecular flexibility index (Phi) is 5.48. The highest BCUT2D eigenvalue weighted by atomic mass is 19.4. The summed E-state index contributed by atoms with van der Waals surface area (Å²) in [6, 6.07) is 12.8. The molecule has 0 bridgehead atoms. The molecule has 1 heterocycles. The van der Waals surface area contributed by atoms with Crippen LogP contribution < -0.4 is 5.32 Å². The third-order valence-electron chi connectivity index (χ3n) is 4.56. The minimum absolute atomic E-state index is 0.0414. The molecule has 2 amide bonds. The SMILES string of the molecule is O=C(N[C@H](CN1CCCC1=O)c1ccccc1)c1ccc(C(F)(F)F)cc1. The van der Waals surface area contributed by atoms with E-state index in [9.17, 15) is 22.8 Å². The van der Waals surface area contributed by atoms with Crippen LogP contribution in [0, 0.1) is 0 Å². The minimum atomic E-state index is -4.45. The molecule has 142 valence electrons. The highest BCUT2D eigenvalue weighted by Gasteiger charge is 2.30. The Balaban J connectivity index is 1.76. The predicted molar refractivity (Wildman–Crippen MR) is 93.9 cm³/mol. The quantitative estimate of drug-likeness (QED) is 0.863. The lowest BCUT2D eigenvalue weighted by molar-refractivity contribution is -0.137. The number of nitrogens with zero attached hydrogens (tertiary/aromatic N) is 1. The van der Waals surface area contributed by atoms with Crippen LogP contribution >= 0.6 is 0 Å². The van der Waals surface area contributed by atoms with Gasteiger partial charge < -0.3 is 10.2 Å². The van der Waals surface area contributed by atoms with Crippen LogP contribution in [0.25, 0.3) is 0 Å². The van der Waals surface area contributed by atoms with Gasteiger partial charge in [-0.1, -0.05) is 30.3 Å². The van der Waals surface area contributed by atoms with Crippen molar-refractivity contribution >= 4 is 11.8 Å². The van der Waals surface area contributed by atoms with Crippen LogP contribution in [-0.2, 0) is 11.0 Å². The number of halogens is 3. The van der Waals surface area contributed by atoms with E-state index in [0.717, 1.165) is 36.2 Å². The number of hydrogen-bond acceptors (Lipinski definition) is 2. The zero-order valence-electron chi connectivity index (χ0n) is 14.5. The Morgan fingerprint density at radius 2 is 1.74 bits per heavy atom. The number of benzene rings is 2. The lowest BCUT2D eigenvalue weighted by atomic mass is 10.0. The molecular weight excluding hydrogens is 357 g/mol. The van der Waals surface area contributed by atoms with Crippen molar-refractivity contribution in [3.05, 3.63) is 71.3 Å². The second kappa shape index (κ2) is 7.82. The highest BCUT2D eigenvalue weighted by molar-refractivity contribution is 5.94. The summed E-state index contributed by atoms with van der Waals surface area (Å²) >= 11 is 0. The highest BCUT2D eigenvalue weighted by Crippen LogP contribution is 2.29. The largest absolute Gasteiger partial charge is 0.416 e. The molecular formula is C20H19F3N2O2. The van der Waals surface area contributed by atoms with E-state index < -0.39 is 23.7 Å². The van der Waals surface area contributed by atoms with Gasteiger partial charge in [-0.3, -0.25) is 9.59 Å². The summed E-state index contributed by atoms with van der Waals surface area (Å²) in [5, 5.41) is 2.84. The number of rotatable bonds is 5. The first-order chi connectivity index (χ1) is 12.8. The summed E-state index contributed by atoms with van der Waals surface area (Å²) in [4.78, 5) is 26.2. The number of nitrogens with one attached hydrogen (secondary N) is 1. The smallest absolute Gasteiger partial charge is 0.343 e. The average molecular weight is 376 g/mol. The van der Waals surface area contributed by atoms with Gasteiger partial charge in [0, 0.05) is 25.1 Å². The summed E-state index contributed by atoms with van der Waals surface area (Å²) in [7, 11) is 0. The Hall–Kier alpha value is -2.83. The molecule has 2 aromatic carbocycles. The van der Waals surface area contributed by atoms with Gasteiger partial charge in [-0.05, 0) is 36.2 Å². The molecule has 1 N–H and O–H groups in total. The van der Waals surface area contributed by atoms with Gasteiger partial charge in [0.15, 0.2) is 0 Å². The summed E-state index contributed by atoms with van der Waals surface area (Å²) in [6.07, 6.45) is -3.17. The van der Waals surface area contributed by atoms with Crippen molar-refractivity contribution in [1.82, 2.24) is 10.2 Å². The molecule has 7 heteroatoms. The first kappa shape index (κ1) is 18.9. The number of carbonyl (C=O) groups excluding carboxylic acids is 2. The fraction of sp³-hybridized carbons (Fsp3) is 0.300. The van der Waals surface area contributed by atoms with E-state index in [4.69, 9.17) is 0 Å². The standard InChI is InChI=1S/C20H19F3N2O2/c21-20(22,23)16-10-8-15(9-11-16)19(27)24-17(14-5-2-1-3-6-14)13-25-12-4-7-18(25)26/h1-3,5-6,8-11,17H,4,7,12-13H2,(H,24,27)/t17-/m1/s1. The van der Waals surface area contributed by atoms with Crippen molar-refractivity contribution in [3.63, 3.8) is 0 Å². The molecule has 0 spiro atoms. The lowest BCUT2D eigenvalue weighted by Gasteiger charge is -2.25. The minimum Gasteiger partial charge on any atom is -0.343 e. The molecule has 1 atom stereocenters. The second-order valence-corrected chi connectivity index (χ2v) is 6.46. The van der Waals surface area contributed by atoms with Crippen molar-refractivity contribution in [1.29, 1.82) is 0 Å². The molecule has 1 fully saturated rings. The van der Waals surface area contributed by atoms with Crippen LogP contribution in [0.15, 0.2) is 54.6 Å². The van der Waals surface area contributed by atoms with Crippen molar-refractivity contribution < 1.29 is 22.8 Å². The Bertz CT molecular complexity index is 804. The van der Waals surface area contributed by atoms with E-state index in [0.29, 0.717) is 19.5 Å². The van der Waals surface area contributed by atoms with Gasteiger partial charge in [0.1, 0.15) is 0 Å². The molecule has 4 nitrogen and oxygen atoms in total. The molecule has 1 aliphatic heterocycles. The summed E-state index contributed by atoms with van der Waals surface area (Å²) < 4.78 is 38.0. The first-order valence-corrected chi connectivity index (χ1v) is 8.65. The molecule has 0 radical (unpaired) electrons. The van der Waals surface area contributed by atoms with Crippen molar-refractivity contribution in [2.75, 3.05) is 13.1 Å². The third-order valence-corrected chi connectivity index (χ3v) is 4.56. The van der Waals surface area contributed by atoms with Gasteiger partial charge in [0.25, 0.3) is 5.91 Å². The van der Waals surface area contributed by atoms with Gasteiger partial charge >= 0.3 is 6.18 Å². The molecule has 0 unspecified atom stereocenters. The molecule has 1 saturated heterocycles. The molecule has 1 aliphatic rings. The van der Waals surface area contributed by atoms with Gasteiger partial charge in [0.2, 0.25) is 5.91 Å². The van der Waals surface area contributed by atoms with E-state index in [1.165, 1.54) is 0 Å². The molecule has 0 aromatic heterocycles. The van der Waals surface area contributed by atoms with E-state index in [-0.39, 0.29) is 11.5 Å².